The van der Waals surface area contributed by atoms with E-state index >= 15 is 0 Å². The van der Waals surface area contributed by atoms with Crippen molar-refractivity contribution in [2.24, 2.45) is 11.7 Å². The van der Waals surface area contributed by atoms with E-state index in [1.165, 1.54) is 0 Å². The fourth-order valence-electron chi connectivity index (χ4n) is 1.22. The van der Waals surface area contributed by atoms with Gasteiger partial charge >= 0.3 is 0 Å². The Bertz CT molecular complexity index is 178. The largest absolute Gasteiger partial charge is 0.396 e. The van der Waals surface area contributed by atoms with Gasteiger partial charge in [-0.3, -0.25) is 4.79 Å². The molecule has 0 rings (SSSR count). The molecule has 0 saturated carbocycles. The Morgan fingerprint density at radius 1 is 1.54 bits per heavy atom. The Balaban J connectivity index is 3.88. The molecule has 0 aromatic carbocycles. The third-order valence-corrected chi connectivity index (χ3v) is 2.19. The molecule has 0 bridgehead atoms. The van der Waals surface area contributed by atoms with Crippen LogP contribution in [0.4, 0.5) is 0 Å². The van der Waals surface area contributed by atoms with Crippen molar-refractivity contribution in [1.82, 2.24) is 0 Å². The summed E-state index contributed by atoms with van der Waals surface area (Å²) in [5.41, 5.74) is 5.41. The molecule has 76 valence electrons. The quantitative estimate of drug-likeness (QED) is 0.462. The number of carbonyl (C=O) groups is 1. The zero-order chi connectivity index (χ0) is 10.3. The summed E-state index contributed by atoms with van der Waals surface area (Å²) in [6.45, 7) is 5.64. The summed E-state index contributed by atoms with van der Waals surface area (Å²) in [7, 11) is 0. The molecule has 0 spiro atoms. The van der Waals surface area contributed by atoms with Crippen molar-refractivity contribution >= 4 is 5.91 Å². The number of unbranched alkanes of at least 4 members (excludes halogenated alkanes) is 2. The lowest BCUT2D eigenvalue weighted by molar-refractivity contribution is -0.115. The Kier molecular flexibility index (Phi) is 6.24. The van der Waals surface area contributed by atoms with Gasteiger partial charge in [-0.05, 0) is 6.42 Å². The molecule has 0 aliphatic rings. The van der Waals surface area contributed by atoms with Crippen LogP contribution in [-0.4, -0.2) is 17.6 Å². The van der Waals surface area contributed by atoms with Crippen LogP contribution in [-0.2, 0) is 4.79 Å². The lowest BCUT2D eigenvalue weighted by Gasteiger charge is -2.13. The zero-order valence-electron chi connectivity index (χ0n) is 8.25. The van der Waals surface area contributed by atoms with E-state index in [0.717, 1.165) is 25.7 Å². The molecule has 13 heavy (non-hydrogen) atoms. The predicted octanol–water partition coefficient (Wildman–Crippen LogP) is 1.22. The van der Waals surface area contributed by atoms with Crippen LogP contribution in [0.25, 0.3) is 0 Å². The van der Waals surface area contributed by atoms with Crippen LogP contribution in [0.5, 0.6) is 0 Å². The molecule has 0 radical (unpaired) electrons. The van der Waals surface area contributed by atoms with Crippen LogP contribution in [0.3, 0.4) is 0 Å². The lowest BCUT2D eigenvalue weighted by atomic mass is 9.94. The molecule has 0 aromatic heterocycles. The van der Waals surface area contributed by atoms with E-state index in [0.29, 0.717) is 5.57 Å². The minimum absolute atomic E-state index is 0.0362. The average molecular weight is 185 g/mol. The number of amides is 1. The number of nitrogens with two attached hydrogens (primary N) is 1. The predicted molar refractivity (Wildman–Crippen MR) is 53.1 cm³/mol. The van der Waals surface area contributed by atoms with E-state index in [9.17, 15) is 4.79 Å². The number of carbonyl (C=O) groups excluding carboxylic acids is 1. The van der Waals surface area contributed by atoms with Gasteiger partial charge in [0.2, 0.25) is 5.91 Å². The first-order chi connectivity index (χ1) is 6.13. The summed E-state index contributed by atoms with van der Waals surface area (Å²) < 4.78 is 0. The van der Waals surface area contributed by atoms with Crippen LogP contribution in [0.2, 0.25) is 0 Å². The highest BCUT2D eigenvalue weighted by molar-refractivity contribution is 5.91. The van der Waals surface area contributed by atoms with Gasteiger partial charge in [0.15, 0.2) is 0 Å². The van der Waals surface area contributed by atoms with Gasteiger partial charge in [-0.25, -0.2) is 0 Å². The van der Waals surface area contributed by atoms with Gasteiger partial charge in [0, 0.05) is 11.5 Å². The minimum Gasteiger partial charge on any atom is -0.396 e. The van der Waals surface area contributed by atoms with E-state index in [1.807, 2.05) is 0 Å². The van der Waals surface area contributed by atoms with Crippen molar-refractivity contribution in [1.29, 1.82) is 0 Å². The molecule has 3 N–H and O–H groups in total. The van der Waals surface area contributed by atoms with Gasteiger partial charge in [0.05, 0.1) is 6.61 Å². The van der Waals surface area contributed by atoms with Gasteiger partial charge < -0.3 is 10.8 Å². The number of primary amides is 1. The molecule has 0 aromatic rings. The second-order valence-corrected chi connectivity index (χ2v) is 3.26. The summed E-state index contributed by atoms with van der Waals surface area (Å²) in [6.07, 6.45) is 4.05. The monoisotopic (exact) mass is 185 g/mol. The summed E-state index contributed by atoms with van der Waals surface area (Å²) in [5.74, 6) is -0.653. The van der Waals surface area contributed by atoms with E-state index < -0.39 is 5.91 Å². The van der Waals surface area contributed by atoms with Crippen molar-refractivity contribution in [3.8, 4) is 0 Å². The molecule has 1 atom stereocenters. The molecular weight excluding hydrogens is 166 g/mol. The molecular formula is C10H19NO2. The number of hydrogen-bond acceptors (Lipinski definition) is 2. The van der Waals surface area contributed by atoms with Crippen molar-refractivity contribution in [2.45, 2.75) is 32.6 Å². The van der Waals surface area contributed by atoms with Crippen molar-refractivity contribution in [3.05, 3.63) is 12.2 Å². The highest BCUT2D eigenvalue weighted by atomic mass is 16.3. The molecule has 1 amide bonds. The van der Waals surface area contributed by atoms with Crippen molar-refractivity contribution in [3.63, 3.8) is 0 Å². The van der Waals surface area contributed by atoms with Gasteiger partial charge in [0.25, 0.3) is 0 Å². The van der Waals surface area contributed by atoms with Crippen molar-refractivity contribution < 1.29 is 9.90 Å². The standard InChI is InChI=1S/C10H19NO2/c1-3-4-5-6-9(7-12)8(2)10(11)13/h9,12H,2-7H2,1H3,(H2,11,13)/t9-/m1/s1. The molecule has 0 aliphatic heterocycles. The maximum atomic E-state index is 10.7. The van der Waals surface area contributed by atoms with E-state index in [1.54, 1.807) is 0 Å². The van der Waals surface area contributed by atoms with Crippen molar-refractivity contribution in [2.75, 3.05) is 6.61 Å². The van der Waals surface area contributed by atoms with Crippen LogP contribution in [0.15, 0.2) is 12.2 Å². The van der Waals surface area contributed by atoms with Gasteiger partial charge in [-0.2, -0.15) is 0 Å². The van der Waals surface area contributed by atoms with Crippen LogP contribution < -0.4 is 5.73 Å². The molecule has 0 fully saturated rings. The minimum atomic E-state index is -0.504. The first-order valence-corrected chi connectivity index (χ1v) is 4.72. The number of rotatable bonds is 7. The summed E-state index contributed by atoms with van der Waals surface area (Å²) in [6, 6.07) is 0. The molecule has 0 heterocycles. The summed E-state index contributed by atoms with van der Waals surface area (Å²) >= 11 is 0. The summed E-state index contributed by atoms with van der Waals surface area (Å²) in [4.78, 5) is 10.7. The maximum Gasteiger partial charge on any atom is 0.244 e. The van der Waals surface area contributed by atoms with E-state index in [2.05, 4.69) is 13.5 Å². The molecule has 0 saturated heterocycles. The van der Waals surface area contributed by atoms with Gasteiger partial charge in [-0.1, -0.05) is 32.8 Å². The lowest BCUT2D eigenvalue weighted by Crippen LogP contribution is -2.22. The topological polar surface area (TPSA) is 63.3 Å². The molecule has 0 aliphatic carbocycles. The number of aliphatic hydroxyl groups is 1. The molecule has 3 nitrogen and oxygen atoms in total. The van der Waals surface area contributed by atoms with Gasteiger partial charge in [-0.15, -0.1) is 0 Å². The van der Waals surface area contributed by atoms with Crippen LogP contribution in [0, 0.1) is 5.92 Å². The van der Waals surface area contributed by atoms with E-state index in [4.69, 9.17) is 10.8 Å². The first kappa shape index (κ1) is 12.2. The fraction of sp³-hybridized carbons (Fsp3) is 0.700. The highest BCUT2D eigenvalue weighted by Crippen LogP contribution is 2.16. The molecule has 0 unspecified atom stereocenters. The SMILES string of the molecule is C=C(C(N)=O)[C@@H](CO)CCCCC. The molecule has 3 heteroatoms. The Morgan fingerprint density at radius 2 is 2.15 bits per heavy atom. The smallest absolute Gasteiger partial charge is 0.244 e. The number of hydrogen-bond donors (Lipinski definition) is 2. The second-order valence-electron chi connectivity index (χ2n) is 3.26. The Morgan fingerprint density at radius 3 is 2.54 bits per heavy atom. The van der Waals surface area contributed by atoms with Gasteiger partial charge in [0.1, 0.15) is 0 Å². The maximum absolute atomic E-state index is 10.7. The average Bonchev–Trinajstić information content (AvgIpc) is 2.11. The zero-order valence-corrected chi connectivity index (χ0v) is 8.25. The Hall–Kier alpha value is -0.830. The Labute approximate surface area is 79.6 Å². The van der Waals surface area contributed by atoms with Crippen LogP contribution >= 0.6 is 0 Å². The third-order valence-electron chi connectivity index (χ3n) is 2.19. The third kappa shape index (κ3) is 4.68. The number of aliphatic hydroxyl groups excluding tert-OH is 1. The van der Waals surface area contributed by atoms with E-state index in [-0.39, 0.29) is 12.5 Å². The first-order valence-electron chi connectivity index (χ1n) is 4.72. The second kappa shape index (κ2) is 6.66. The fourth-order valence-corrected chi connectivity index (χ4v) is 1.22. The normalized spacial score (nSPS) is 12.5. The van der Waals surface area contributed by atoms with Crippen LogP contribution in [0.1, 0.15) is 32.6 Å². The highest BCUT2D eigenvalue weighted by Gasteiger charge is 2.14. The summed E-state index contributed by atoms with van der Waals surface area (Å²) in [5, 5.41) is 8.98.